The molecule has 2 rings (SSSR count). The van der Waals surface area contributed by atoms with Crippen LogP contribution in [0.3, 0.4) is 0 Å². The van der Waals surface area contributed by atoms with E-state index in [1.54, 1.807) is 12.1 Å². The third-order valence-electron chi connectivity index (χ3n) is 2.83. The molecule has 0 saturated heterocycles. The maximum absolute atomic E-state index is 13.9. The van der Waals surface area contributed by atoms with Gasteiger partial charge in [-0.15, -0.1) is 0 Å². The Balaban J connectivity index is 2.41. The standard InChI is InChI=1S/C14H14FNO3/c1-18-9-3-4-10(12(15)7-9)14(17)11-5-6-16-8-13(11)19-2/h3-8,14,17H,1-2H3. The summed E-state index contributed by atoms with van der Waals surface area (Å²) in [7, 11) is 2.92. The van der Waals surface area contributed by atoms with E-state index in [1.165, 1.54) is 38.7 Å². The van der Waals surface area contributed by atoms with Crippen molar-refractivity contribution in [2.24, 2.45) is 0 Å². The number of benzene rings is 1. The molecule has 0 aliphatic heterocycles. The predicted octanol–water partition coefficient (Wildman–Crippen LogP) is 2.32. The summed E-state index contributed by atoms with van der Waals surface area (Å²) in [4.78, 5) is 3.89. The SMILES string of the molecule is COc1ccc(C(O)c2ccncc2OC)c(F)c1. The van der Waals surface area contributed by atoms with E-state index in [4.69, 9.17) is 9.47 Å². The van der Waals surface area contributed by atoms with Crippen molar-refractivity contribution in [3.63, 3.8) is 0 Å². The van der Waals surface area contributed by atoms with Gasteiger partial charge in [0.25, 0.3) is 0 Å². The maximum atomic E-state index is 13.9. The van der Waals surface area contributed by atoms with Crippen molar-refractivity contribution in [2.45, 2.75) is 6.10 Å². The molecule has 5 heteroatoms. The van der Waals surface area contributed by atoms with Crippen molar-refractivity contribution in [3.05, 3.63) is 53.6 Å². The lowest BCUT2D eigenvalue weighted by molar-refractivity contribution is 0.209. The first kappa shape index (κ1) is 13.3. The molecule has 1 N–H and O–H groups in total. The van der Waals surface area contributed by atoms with Gasteiger partial charge in [-0.3, -0.25) is 4.98 Å². The second-order valence-electron chi connectivity index (χ2n) is 3.91. The van der Waals surface area contributed by atoms with Gasteiger partial charge in [0.2, 0.25) is 0 Å². The lowest BCUT2D eigenvalue weighted by Crippen LogP contribution is -2.05. The zero-order valence-electron chi connectivity index (χ0n) is 10.6. The number of pyridine rings is 1. The van der Waals surface area contributed by atoms with E-state index in [0.29, 0.717) is 17.1 Å². The number of aliphatic hydroxyl groups excluding tert-OH is 1. The lowest BCUT2D eigenvalue weighted by Gasteiger charge is -2.15. The summed E-state index contributed by atoms with van der Waals surface area (Å²) >= 11 is 0. The molecule has 0 fully saturated rings. The largest absolute Gasteiger partial charge is 0.497 e. The van der Waals surface area contributed by atoms with Crippen LogP contribution in [0.2, 0.25) is 0 Å². The smallest absolute Gasteiger partial charge is 0.143 e. The normalized spacial score (nSPS) is 12.0. The number of methoxy groups -OCH3 is 2. The number of hydrogen-bond donors (Lipinski definition) is 1. The molecule has 1 unspecified atom stereocenters. The van der Waals surface area contributed by atoms with Crippen molar-refractivity contribution in [2.75, 3.05) is 14.2 Å². The highest BCUT2D eigenvalue weighted by Crippen LogP contribution is 2.31. The summed E-state index contributed by atoms with van der Waals surface area (Å²) in [5, 5.41) is 10.3. The first-order chi connectivity index (χ1) is 9.17. The van der Waals surface area contributed by atoms with Gasteiger partial charge in [-0.05, 0) is 18.2 Å². The molecule has 0 aliphatic rings. The summed E-state index contributed by atoms with van der Waals surface area (Å²) in [6.07, 6.45) is 1.87. The van der Waals surface area contributed by atoms with Crippen LogP contribution in [0.1, 0.15) is 17.2 Å². The summed E-state index contributed by atoms with van der Waals surface area (Å²) in [5.41, 5.74) is 0.617. The molecule has 2 aromatic rings. The molecule has 0 spiro atoms. The number of aliphatic hydroxyl groups is 1. The second-order valence-corrected chi connectivity index (χ2v) is 3.91. The fourth-order valence-corrected chi connectivity index (χ4v) is 1.81. The van der Waals surface area contributed by atoms with E-state index in [0.717, 1.165) is 0 Å². The van der Waals surface area contributed by atoms with Gasteiger partial charge in [-0.1, -0.05) is 0 Å². The van der Waals surface area contributed by atoms with Gasteiger partial charge in [0, 0.05) is 23.4 Å². The lowest BCUT2D eigenvalue weighted by atomic mass is 10.0. The van der Waals surface area contributed by atoms with E-state index >= 15 is 0 Å². The van der Waals surface area contributed by atoms with E-state index < -0.39 is 11.9 Å². The zero-order chi connectivity index (χ0) is 13.8. The number of hydrogen-bond acceptors (Lipinski definition) is 4. The molecule has 0 saturated carbocycles. The predicted molar refractivity (Wildman–Crippen MR) is 67.8 cm³/mol. The molecule has 0 radical (unpaired) electrons. The third-order valence-corrected chi connectivity index (χ3v) is 2.83. The van der Waals surface area contributed by atoms with Gasteiger partial charge in [-0.25, -0.2) is 4.39 Å². The number of halogens is 1. The Labute approximate surface area is 110 Å². The van der Waals surface area contributed by atoms with Crippen molar-refractivity contribution < 1.29 is 19.0 Å². The molecule has 1 aromatic carbocycles. The van der Waals surface area contributed by atoms with Crippen LogP contribution in [0.25, 0.3) is 0 Å². The van der Waals surface area contributed by atoms with Crippen LogP contribution in [0.15, 0.2) is 36.7 Å². The number of rotatable bonds is 4. The quantitative estimate of drug-likeness (QED) is 0.919. The van der Waals surface area contributed by atoms with Crippen LogP contribution in [-0.4, -0.2) is 24.3 Å². The Morgan fingerprint density at radius 3 is 2.58 bits per heavy atom. The molecular formula is C14H14FNO3. The number of aromatic nitrogens is 1. The highest BCUT2D eigenvalue weighted by atomic mass is 19.1. The molecule has 4 nitrogen and oxygen atoms in total. The highest BCUT2D eigenvalue weighted by molar-refractivity contribution is 5.40. The van der Waals surface area contributed by atoms with Crippen LogP contribution in [0, 0.1) is 5.82 Å². The minimum Gasteiger partial charge on any atom is -0.497 e. The average molecular weight is 263 g/mol. The molecule has 0 aliphatic carbocycles. The van der Waals surface area contributed by atoms with Crippen molar-refractivity contribution in [1.29, 1.82) is 0 Å². The zero-order valence-corrected chi connectivity index (χ0v) is 10.6. The molecule has 1 atom stereocenters. The summed E-state index contributed by atoms with van der Waals surface area (Å²) in [6.45, 7) is 0. The molecule has 1 heterocycles. The number of nitrogens with zero attached hydrogens (tertiary/aromatic N) is 1. The van der Waals surface area contributed by atoms with Gasteiger partial charge in [-0.2, -0.15) is 0 Å². The summed E-state index contributed by atoms with van der Waals surface area (Å²) < 4.78 is 23.9. The second kappa shape index (κ2) is 5.67. The van der Waals surface area contributed by atoms with Gasteiger partial charge in [0.1, 0.15) is 23.4 Å². The third kappa shape index (κ3) is 2.66. The Hall–Kier alpha value is -2.14. The average Bonchev–Trinajstić information content (AvgIpc) is 2.46. The Morgan fingerprint density at radius 1 is 1.16 bits per heavy atom. The Kier molecular flexibility index (Phi) is 3.97. The van der Waals surface area contributed by atoms with E-state index in [1.807, 2.05) is 0 Å². The molecule has 0 bridgehead atoms. The Morgan fingerprint density at radius 2 is 1.95 bits per heavy atom. The summed E-state index contributed by atoms with van der Waals surface area (Å²) in [5.74, 6) is 0.270. The van der Waals surface area contributed by atoms with Gasteiger partial charge >= 0.3 is 0 Å². The molecule has 0 amide bonds. The molecule has 100 valence electrons. The minimum atomic E-state index is -1.12. The Bertz CT molecular complexity index is 574. The van der Waals surface area contributed by atoms with E-state index in [2.05, 4.69) is 4.98 Å². The molecule has 19 heavy (non-hydrogen) atoms. The van der Waals surface area contributed by atoms with Crippen LogP contribution in [0.4, 0.5) is 4.39 Å². The minimum absolute atomic E-state index is 0.158. The van der Waals surface area contributed by atoms with Gasteiger partial charge in [0.05, 0.1) is 20.4 Å². The highest BCUT2D eigenvalue weighted by Gasteiger charge is 2.19. The number of ether oxygens (including phenoxy) is 2. The fraction of sp³-hybridized carbons (Fsp3) is 0.214. The molecule has 1 aromatic heterocycles. The van der Waals surface area contributed by atoms with Crippen LogP contribution < -0.4 is 9.47 Å². The summed E-state index contributed by atoms with van der Waals surface area (Å²) in [6, 6.07) is 5.90. The fourth-order valence-electron chi connectivity index (χ4n) is 1.81. The van der Waals surface area contributed by atoms with E-state index in [-0.39, 0.29) is 5.56 Å². The van der Waals surface area contributed by atoms with Gasteiger partial charge in [0.15, 0.2) is 0 Å². The van der Waals surface area contributed by atoms with Crippen molar-refractivity contribution in [3.8, 4) is 11.5 Å². The van der Waals surface area contributed by atoms with Crippen LogP contribution in [0.5, 0.6) is 11.5 Å². The van der Waals surface area contributed by atoms with E-state index in [9.17, 15) is 9.50 Å². The van der Waals surface area contributed by atoms with Crippen molar-refractivity contribution >= 4 is 0 Å². The van der Waals surface area contributed by atoms with Crippen LogP contribution >= 0.6 is 0 Å². The van der Waals surface area contributed by atoms with Crippen molar-refractivity contribution in [1.82, 2.24) is 4.98 Å². The monoisotopic (exact) mass is 263 g/mol. The first-order valence-electron chi connectivity index (χ1n) is 5.66. The van der Waals surface area contributed by atoms with Crippen LogP contribution in [-0.2, 0) is 0 Å². The topological polar surface area (TPSA) is 51.6 Å². The maximum Gasteiger partial charge on any atom is 0.143 e. The molecular weight excluding hydrogens is 249 g/mol. The van der Waals surface area contributed by atoms with Gasteiger partial charge < -0.3 is 14.6 Å². The first-order valence-corrected chi connectivity index (χ1v) is 5.66.